The predicted octanol–water partition coefficient (Wildman–Crippen LogP) is 4.73. The van der Waals surface area contributed by atoms with Gasteiger partial charge in [-0.1, -0.05) is 11.6 Å². The number of benzene rings is 1. The van der Waals surface area contributed by atoms with Gasteiger partial charge in [0.05, 0.1) is 15.5 Å². The second kappa shape index (κ2) is 8.92. The van der Waals surface area contributed by atoms with Gasteiger partial charge in [-0.05, 0) is 55.5 Å². The van der Waals surface area contributed by atoms with E-state index in [1.807, 2.05) is 4.57 Å². The summed E-state index contributed by atoms with van der Waals surface area (Å²) >= 11 is 6.16. The fourth-order valence-corrected chi connectivity index (χ4v) is 6.08. The molecule has 5 rings (SSSR count). The lowest BCUT2D eigenvalue weighted by Crippen LogP contribution is -2.38. The predicted molar refractivity (Wildman–Crippen MR) is 122 cm³/mol. The Bertz CT molecular complexity index is 1470. The van der Waals surface area contributed by atoms with E-state index in [2.05, 4.69) is 19.9 Å². The van der Waals surface area contributed by atoms with Crippen molar-refractivity contribution < 1.29 is 21.6 Å². The number of nitrogens with one attached hydrogen (secondary N) is 1. The van der Waals surface area contributed by atoms with Crippen LogP contribution in [-0.2, 0) is 16.2 Å². The van der Waals surface area contributed by atoms with Crippen LogP contribution in [0.3, 0.4) is 0 Å². The van der Waals surface area contributed by atoms with Crippen LogP contribution < -0.4 is 4.72 Å². The summed E-state index contributed by atoms with van der Waals surface area (Å²) in [6, 6.07) is 3.81. The lowest BCUT2D eigenvalue weighted by Gasteiger charge is -2.30. The smallest absolute Gasteiger partial charge is 0.317 e. The summed E-state index contributed by atoms with van der Waals surface area (Å²) < 4.78 is 73.9. The van der Waals surface area contributed by atoms with Crippen LogP contribution in [0.15, 0.2) is 60.4 Å². The van der Waals surface area contributed by atoms with Crippen LogP contribution >= 0.6 is 11.6 Å². The van der Waals surface area contributed by atoms with Crippen LogP contribution in [0.5, 0.6) is 0 Å². The molecular formula is C22H20ClF3N6O2S. The molecule has 0 radical (unpaired) electrons. The molecule has 1 aliphatic carbocycles. The highest BCUT2D eigenvalue weighted by molar-refractivity contribution is 7.89. The lowest BCUT2D eigenvalue weighted by molar-refractivity contribution is -0.137. The maximum atomic E-state index is 13.8. The first-order valence-electron chi connectivity index (χ1n) is 10.8. The average Bonchev–Trinajstić information content (AvgIpc) is 3.50. The Hall–Kier alpha value is -2.96. The standard InChI is InChI=1S/C22H20ClF3N6O2S/c23-16-9-20(21-27-4-5-31(21)11-16)14-6-15(22(24,25)26)8-19(7-14)35(33,34)30-17-2-1-3-18(10-17)32-12-28-29-13-32/h4-9,11-13,17-18,30H,1-3,10H2/t17-,18+/m0/s1. The highest BCUT2D eigenvalue weighted by Crippen LogP contribution is 2.37. The van der Waals surface area contributed by atoms with Gasteiger partial charge in [0.15, 0.2) is 0 Å². The number of hydrogen-bond acceptors (Lipinski definition) is 5. The van der Waals surface area contributed by atoms with Gasteiger partial charge in [0.1, 0.15) is 18.3 Å². The SMILES string of the molecule is O=S(=O)(N[C@H]1CCC[C@@H](n2cnnc2)C1)c1cc(-c2cc(Cl)cn3ccnc23)cc(C(F)(F)F)c1. The first kappa shape index (κ1) is 23.8. The molecule has 0 aliphatic heterocycles. The van der Waals surface area contributed by atoms with Crippen molar-refractivity contribution in [3.63, 3.8) is 0 Å². The Labute approximate surface area is 203 Å². The van der Waals surface area contributed by atoms with Crippen LogP contribution in [0, 0.1) is 0 Å². The van der Waals surface area contributed by atoms with E-state index < -0.39 is 32.7 Å². The molecule has 0 spiro atoms. The van der Waals surface area contributed by atoms with Gasteiger partial charge in [0.25, 0.3) is 0 Å². The molecule has 1 saturated carbocycles. The third-order valence-corrected chi connectivity index (χ3v) is 7.84. The van der Waals surface area contributed by atoms with Gasteiger partial charge in [-0.25, -0.2) is 18.1 Å². The number of nitrogens with zero attached hydrogens (tertiary/aromatic N) is 5. The number of aromatic nitrogens is 5. The van der Waals surface area contributed by atoms with Crippen molar-refractivity contribution in [3.05, 3.63) is 66.1 Å². The number of rotatable bonds is 5. The minimum atomic E-state index is -4.76. The minimum absolute atomic E-state index is 0.00343. The monoisotopic (exact) mass is 524 g/mol. The van der Waals surface area contributed by atoms with Gasteiger partial charge in [-0.3, -0.25) is 0 Å². The highest BCUT2D eigenvalue weighted by Gasteiger charge is 2.34. The molecule has 0 amide bonds. The van der Waals surface area contributed by atoms with Crippen LogP contribution in [0.1, 0.15) is 37.3 Å². The molecule has 0 unspecified atom stereocenters. The van der Waals surface area contributed by atoms with Crippen molar-refractivity contribution in [3.8, 4) is 11.1 Å². The van der Waals surface area contributed by atoms with Crippen molar-refractivity contribution >= 4 is 27.3 Å². The second-order valence-corrected chi connectivity index (χ2v) is 10.7. The molecule has 4 aromatic rings. The molecule has 2 atom stereocenters. The summed E-state index contributed by atoms with van der Waals surface area (Å²) in [6.07, 6.45) is 5.68. The van der Waals surface area contributed by atoms with E-state index in [0.29, 0.717) is 24.6 Å². The number of hydrogen-bond donors (Lipinski definition) is 1. The average molecular weight is 525 g/mol. The third-order valence-electron chi connectivity index (χ3n) is 6.14. The molecular weight excluding hydrogens is 505 g/mol. The van der Waals surface area contributed by atoms with E-state index in [1.165, 1.54) is 18.3 Å². The zero-order valence-electron chi connectivity index (χ0n) is 18.2. The normalized spacial score (nSPS) is 19.3. The first-order chi connectivity index (χ1) is 16.6. The summed E-state index contributed by atoms with van der Waals surface area (Å²) in [7, 11) is -4.27. The lowest BCUT2D eigenvalue weighted by atomic mass is 9.91. The van der Waals surface area contributed by atoms with E-state index in [-0.39, 0.29) is 22.2 Å². The number of imidazole rings is 1. The van der Waals surface area contributed by atoms with Gasteiger partial charge in [0.2, 0.25) is 10.0 Å². The number of alkyl halides is 3. The summed E-state index contributed by atoms with van der Waals surface area (Å²) in [5.41, 5.74) is -0.388. The first-order valence-corrected chi connectivity index (χ1v) is 12.7. The molecule has 35 heavy (non-hydrogen) atoms. The van der Waals surface area contributed by atoms with Crippen molar-refractivity contribution in [1.29, 1.82) is 0 Å². The molecule has 1 aromatic carbocycles. The Balaban J connectivity index is 1.53. The van der Waals surface area contributed by atoms with Gasteiger partial charge in [0, 0.05) is 36.2 Å². The van der Waals surface area contributed by atoms with Gasteiger partial charge < -0.3 is 8.97 Å². The molecule has 3 heterocycles. The van der Waals surface area contributed by atoms with E-state index in [1.54, 1.807) is 29.4 Å². The summed E-state index contributed by atoms with van der Waals surface area (Å²) in [6.45, 7) is 0. The van der Waals surface area contributed by atoms with Crippen molar-refractivity contribution in [2.45, 2.75) is 48.8 Å². The molecule has 1 N–H and O–H groups in total. The molecule has 0 bridgehead atoms. The Morgan fingerprint density at radius 3 is 2.60 bits per heavy atom. The number of halogens is 4. The number of fused-ring (bicyclic) bond motifs is 1. The van der Waals surface area contributed by atoms with Crippen molar-refractivity contribution in [1.82, 2.24) is 28.9 Å². The summed E-state index contributed by atoms with van der Waals surface area (Å²) in [4.78, 5) is 3.72. The van der Waals surface area contributed by atoms with E-state index >= 15 is 0 Å². The second-order valence-electron chi connectivity index (χ2n) is 8.52. The molecule has 184 valence electrons. The molecule has 3 aromatic heterocycles. The topological polar surface area (TPSA) is 94.2 Å². The van der Waals surface area contributed by atoms with Crippen molar-refractivity contribution in [2.24, 2.45) is 0 Å². The van der Waals surface area contributed by atoms with E-state index in [4.69, 9.17) is 11.6 Å². The Morgan fingerprint density at radius 1 is 1.09 bits per heavy atom. The van der Waals surface area contributed by atoms with Crippen LogP contribution in [0.25, 0.3) is 16.8 Å². The zero-order valence-corrected chi connectivity index (χ0v) is 19.7. The largest absolute Gasteiger partial charge is 0.416 e. The summed E-state index contributed by atoms with van der Waals surface area (Å²) in [5, 5.41) is 7.85. The number of sulfonamides is 1. The van der Waals surface area contributed by atoms with Gasteiger partial charge in [-0.2, -0.15) is 13.2 Å². The molecule has 13 heteroatoms. The highest BCUT2D eigenvalue weighted by atomic mass is 35.5. The number of pyridine rings is 1. The zero-order chi connectivity index (χ0) is 24.8. The van der Waals surface area contributed by atoms with Crippen molar-refractivity contribution in [2.75, 3.05) is 0 Å². The fraction of sp³-hybridized carbons (Fsp3) is 0.318. The maximum Gasteiger partial charge on any atom is 0.416 e. The quantitative estimate of drug-likeness (QED) is 0.407. The van der Waals surface area contributed by atoms with Crippen LogP contribution in [0.2, 0.25) is 5.02 Å². The van der Waals surface area contributed by atoms with Gasteiger partial charge in [-0.15, -0.1) is 10.2 Å². The Kier molecular flexibility index (Phi) is 6.06. The molecule has 1 aliphatic rings. The third kappa shape index (κ3) is 4.91. The molecule has 0 saturated heterocycles. The fourth-order valence-electron chi connectivity index (χ4n) is 4.51. The maximum absolute atomic E-state index is 13.8. The van der Waals surface area contributed by atoms with Crippen LogP contribution in [-0.4, -0.2) is 38.6 Å². The molecule has 1 fully saturated rings. The van der Waals surface area contributed by atoms with Crippen LogP contribution in [0.4, 0.5) is 13.2 Å². The van der Waals surface area contributed by atoms with E-state index in [9.17, 15) is 21.6 Å². The van der Waals surface area contributed by atoms with E-state index in [0.717, 1.165) is 18.9 Å². The minimum Gasteiger partial charge on any atom is -0.317 e. The summed E-state index contributed by atoms with van der Waals surface area (Å²) in [5.74, 6) is 0. The van der Waals surface area contributed by atoms with Gasteiger partial charge >= 0.3 is 6.18 Å². The Morgan fingerprint density at radius 2 is 1.86 bits per heavy atom. The molecule has 8 nitrogen and oxygen atoms in total.